The van der Waals surface area contributed by atoms with Gasteiger partial charge in [0.05, 0.1) is 4.90 Å². The van der Waals surface area contributed by atoms with E-state index in [9.17, 15) is 8.42 Å². The molecule has 1 aromatic carbocycles. The van der Waals surface area contributed by atoms with E-state index in [2.05, 4.69) is 9.97 Å². The number of ether oxygens (including phenoxy) is 1. The predicted molar refractivity (Wildman–Crippen MR) is 75.1 cm³/mol. The Balaban J connectivity index is 2.07. The highest BCUT2D eigenvalue weighted by Gasteiger charge is 2.07. The minimum atomic E-state index is -3.19. The van der Waals surface area contributed by atoms with Crippen molar-refractivity contribution in [3.8, 4) is 5.75 Å². The zero-order chi connectivity index (χ0) is 14.8. The van der Waals surface area contributed by atoms with Gasteiger partial charge in [-0.2, -0.15) is 0 Å². The lowest BCUT2D eigenvalue weighted by molar-refractivity contribution is 0.295. The number of nitrogens with zero attached hydrogens (tertiary/aromatic N) is 2. The standard InChI is InChI=1S/C13H15N3O3S/c1-9-7-12(14)16-13(15-9)8-19-10-3-5-11(6-4-10)20(2,17)18/h3-7H,8H2,1-2H3,(H2,14,15,16). The van der Waals surface area contributed by atoms with Crippen molar-refractivity contribution in [2.24, 2.45) is 0 Å². The molecule has 0 atom stereocenters. The Morgan fingerprint density at radius 1 is 1.20 bits per heavy atom. The molecule has 2 N–H and O–H groups in total. The van der Waals surface area contributed by atoms with Crippen LogP contribution in [0.1, 0.15) is 11.5 Å². The molecule has 0 bridgehead atoms. The fraction of sp³-hybridized carbons (Fsp3) is 0.231. The first kappa shape index (κ1) is 14.3. The molecule has 0 aliphatic carbocycles. The van der Waals surface area contributed by atoms with Crippen molar-refractivity contribution in [1.82, 2.24) is 9.97 Å². The SMILES string of the molecule is Cc1cc(N)nc(COc2ccc(S(C)(=O)=O)cc2)n1. The van der Waals surface area contributed by atoms with Crippen molar-refractivity contribution in [3.63, 3.8) is 0 Å². The Morgan fingerprint density at radius 2 is 1.85 bits per heavy atom. The molecule has 2 aromatic rings. The Kier molecular flexibility index (Phi) is 3.89. The van der Waals surface area contributed by atoms with Gasteiger partial charge in [0.15, 0.2) is 15.7 Å². The van der Waals surface area contributed by atoms with E-state index in [1.165, 1.54) is 12.1 Å². The smallest absolute Gasteiger partial charge is 0.175 e. The van der Waals surface area contributed by atoms with Crippen LogP contribution in [0.5, 0.6) is 5.75 Å². The van der Waals surface area contributed by atoms with Crippen molar-refractivity contribution >= 4 is 15.7 Å². The number of nitrogen functional groups attached to an aromatic ring is 1. The van der Waals surface area contributed by atoms with Crippen molar-refractivity contribution in [1.29, 1.82) is 0 Å². The van der Waals surface area contributed by atoms with Gasteiger partial charge in [-0.25, -0.2) is 18.4 Å². The summed E-state index contributed by atoms with van der Waals surface area (Å²) in [6, 6.07) is 7.85. The maximum Gasteiger partial charge on any atom is 0.175 e. The average molecular weight is 293 g/mol. The summed E-state index contributed by atoms with van der Waals surface area (Å²) in [6.45, 7) is 1.99. The number of rotatable bonds is 4. The summed E-state index contributed by atoms with van der Waals surface area (Å²) in [5.74, 6) is 1.42. The second-order valence-electron chi connectivity index (χ2n) is 4.38. The highest BCUT2D eigenvalue weighted by atomic mass is 32.2. The van der Waals surface area contributed by atoms with Crippen LogP contribution < -0.4 is 10.5 Å². The first-order chi connectivity index (χ1) is 9.34. The number of sulfone groups is 1. The van der Waals surface area contributed by atoms with Gasteiger partial charge in [-0.3, -0.25) is 0 Å². The lowest BCUT2D eigenvalue weighted by Crippen LogP contribution is -2.05. The van der Waals surface area contributed by atoms with E-state index < -0.39 is 9.84 Å². The third kappa shape index (κ3) is 3.67. The average Bonchev–Trinajstić information content (AvgIpc) is 2.35. The molecular formula is C13H15N3O3S. The molecule has 7 heteroatoms. The molecule has 0 fully saturated rings. The van der Waals surface area contributed by atoms with Gasteiger partial charge in [-0.1, -0.05) is 0 Å². The molecule has 0 spiro atoms. The predicted octanol–water partition coefficient (Wildman–Crippen LogP) is 1.35. The first-order valence-electron chi connectivity index (χ1n) is 5.87. The van der Waals surface area contributed by atoms with Crippen LogP contribution in [0, 0.1) is 6.92 Å². The van der Waals surface area contributed by atoms with E-state index in [0.29, 0.717) is 17.4 Å². The minimum absolute atomic E-state index is 0.171. The van der Waals surface area contributed by atoms with Gasteiger partial charge in [-0.05, 0) is 31.2 Å². The molecule has 2 rings (SSSR count). The maximum atomic E-state index is 11.3. The summed E-state index contributed by atoms with van der Waals surface area (Å²) >= 11 is 0. The van der Waals surface area contributed by atoms with E-state index in [1.54, 1.807) is 18.2 Å². The minimum Gasteiger partial charge on any atom is -0.486 e. The van der Waals surface area contributed by atoms with Gasteiger partial charge >= 0.3 is 0 Å². The van der Waals surface area contributed by atoms with Gasteiger partial charge in [0.1, 0.15) is 18.2 Å². The summed E-state index contributed by atoms with van der Waals surface area (Å²) < 4.78 is 28.1. The normalized spacial score (nSPS) is 11.3. The number of hydrogen-bond donors (Lipinski definition) is 1. The number of anilines is 1. The number of aryl methyl sites for hydroxylation is 1. The first-order valence-corrected chi connectivity index (χ1v) is 7.77. The Morgan fingerprint density at radius 3 is 2.40 bits per heavy atom. The van der Waals surface area contributed by atoms with E-state index in [0.717, 1.165) is 11.9 Å². The maximum absolute atomic E-state index is 11.3. The second kappa shape index (κ2) is 5.46. The fourth-order valence-electron chi connectivity index (χ4n) is 1.65. The summed E-state index contributed by atoms with van der Waals surface area (Å²) in [6.07, 6.45) is 1.16. The van der Waals surface area contributed by atoms with E-state index in [-0.39, 0.29) is 11.5 Å². The van der Waals surface area contributed by atoms with E-state index in [1.807, 2.05) is 6.92 Å². The van der Waals surface area contributed by atoms with Crippen molar-refractivity contribution in [2.75, 3.05) is 12.0 Å². The lowest BCUT2D eigenvalue weighted by atomic mass is 10.3. The van der Waals surface area contributed by atoms with Crippen LogP contribution in [0.15, 0.2) is 35.2 Å². The molecule has 0 saturated heterocycles. The van der Waals surface area contributed by atoms with Gasteiger partial charge in [0, 0.05) is 18.0 Å². The van der Waals surface area contributed by atoms with Crippen LogP contribution >= 0.6 is 0 Å². The zero-order valence-corrected chi connectivity index (χ0v) is 12.0. The highest BCUT2D eigenvalue weighted by Crippen LogP contribution is 2.16. The van der Waals surface area contributed by atoms with Crippen LogP contribution in [0.3, 0.4) is 0 Å². The molecule has 0 amide bonds. The summed E-state index contributed by atoms with van der Waals surface area (Å²) in [4.78, 5) is 8.50. The van der Waals surface area contributed by atoms with Crippen LogP contribution in [0.4, 0.5) is 5.82 Å². The Bertz CT molecular complexity index is 692. The summed E-state index contributed by atoms with van der Waals surface area (Å²) in [5, 5.41) is 0. The molecule has 0 unspecified atom stereocenters. The molecule has 20 heavy (non-hydrogen) atoms. The van der Waals surface area contributed by atoms with Gasteiger partial charge in [0.25, 0.3) is 0 Å². The molecule has 0 radical (unpaired) electrons. The van der Waals surface area contributed by atoms with E-state index in [4.69, 9.17) is 10.5 Å². The number of nitrogens with two attached hydrogens (primary N) is 1. The molecule has 1 aromatic heterocycles. The van der Waals surface area contributed by atoms with Crippen molar-refractivity contribution in [3.05, 3.63) is 41.9 Å². The number of hydrogen-bond acceptors (Lipinski definition) is 6. The quantitative estimate of drug-likeness (QED) is 0.914. The van der Waals surface area contributed by atoms with Gasteiger partial charge < -0.3 is 10.5 Å². The van der Waals surface area contributed by atoms with Crippen molar-refractivity contribution < 1.29 is 13.2 Å². The summed E-state index contributed by atoms with van der Waals surface area (Å²) in [5.41, 5.74) is 6.39. The van der Waals surface area contributed by atoms with Crippen LogP contribution in [0.2, 0.25) is 0 Å². The van der Waals surface area contributed by atoms with Gasteiger partial charge in [0.2, 0.25) is 0 Å². The second-order valence-corrected chi connectivity index (χ2v) is 6.40. The molecule has 106 valence electrons. The zero-order valence-electron chi connectivity index (χ0n) is 11.2. The van der Waals surface area contributed by atoms with E-state index >= 15 is 0 Å². The Labute approximate surface area is 117 Å². The fourth-order valence-corrected chi connectivity index (χ4v) is 2.28. The number of aromatic nitrogens is 2. The molecule has 6 nitrogen and oxygen atoms in total. The van der Waals surface area contributed by atoms with Crippen LogP contribution in [-0.4, -0.2) is 24.6 Å². The molecular weight excluding hydrogens is 278 g/mol. The monoisotopic (exact) mass is 293 g/mol. The Hall–Kier alpha value is -2.15. The summed E-state index contributed by atoms with van der Waals surface area (Å²) in [7, 11) is -3.19. The lowest BCUT2D eigenvalue weighted by Gasteiger charge is -2.07. The third-order valence-corrected chi connectivity index (χ3v) is 3.67. The molecule has 0 aliphatic rings. The van der Waals surface area contributed by atoms with Crippen molar-refractivity contribution in [2.45, 2.75) is 18.4 Å². The van der Waals surface area contributed by atoms with Gasteiger partial charge in [-0.15, -0.1) is 0 Å². The molecule has 0 saturated carbocycles. The number of benzene rings is 1. The highest BCUT2D eigenvalue weighted by molar-refractivity contribution is 7.90. The third-order valence-electron chi connectivity index (χ3n) is 2.54. The molecule has 0 aliphatic heterocycles. The van der Waals surface area contributed by atoms with Crippen LogP contribution in [0.25, 0.3) is 0 Å². The topological polar surface area (TPSA) is 95.2 Å². The largest absolute Gasteiger partial charge is 0.486 e. The van der Waals surface area contributed by atoms with Crippen LogP contribution in [-0.2, 0) is 16.4 Å². The molecule has 1 heterocycles.